The first-order valence-corrected chi connectivity index (χ1v) is 4.03. The molecule has 2 N–H and O–H groups in total. The van der Waals surface area contributed by atoms with Crippen molar-refractivity contribution in [2.24, 2.45) is 0 Å². The topological polar surface area (TPSA) is 43.1 Å². The van der Waals surface area contributed by atoms with Gasteiger partial charge in [-0.05, 0) is 29.8 Å². The molecular formula is C7H5BrClNO. The molecule has 1 aromatic carbocycles. The van der Waals surface area contributed by atoms with Gasteiger partial charge in [-0.25, -0.2) is 0 Å². The quantitative estimate of drug-likeness (QED) is 0.599. The average molecular weight is 234 g/mol. The van der Waals surface area contributed by atoms with E-state index in [1.54, 1.807) is 18.2 Å². The first-order valence-electron chi connectivity index (χ1n) is 2.86. The Bertz CT molecular complexity index is 300. The summed E-state index contributed by atoms with van der Waals surface area (Å²) in [5, 5.41) is -0.532. The monoisotopic (exact) mass is 233 g/mol. The summed E-state index contributed by atoms with van der Waals surface area (Å²) in [4.78, 5) is 10.6. The molecule has 11 heavy (non-hydrogen) atoms. The maximum Gasteiger partial charge on any atom is 0.254 e. The van der Waals surface area contributed by atoms with Gasteiger partial charge < -0.3 is 5.73 Å². The Labute approximate surface area is 77.5 Å². The van der Waals surface area contributed by atoms with E-state index in [1.807, 2.05) is 0 Å². The van der Waals surface area contributed by atoms with Gasteiger partial charge in [-0.1, -0.05) is 15.9 Å². The van der Waals surface area contributed by atoms with Crippen LogP contribution in [0.1, 0.15) is 10.4 Å². The lowest BCUT2D eigenvalue weighted by Crippen LogP contribution is -1.96. The standard InChI is InChI=1S/C7H5BrClNO/c8-4-1-2-5(7(9)11)6(10)3-4/h1-3H,10H2. The lowest BCUT2D eigenvalue weighted by Gasteiger charge is -1.99. The molecule has 0 radical (unpaired) electrons. The van der Waals surface area contributed by atoms with Gasteiger partial charge in [-0.3, -0.25) is 4.79 Å². The van der Waals surface area contributed by atoms with Crippen molar-refractivity contribution < 1.29 is 4.79 Å². The highest BCUT2D eigenvalue weighted by Crippen LogP contribution is 2.19. The van der Waals surface area contributed by atoms with E-state index in [4.69, 9.17) is 17.3 Å². The molecule has 0 saturated carbocycles. The minimum atomic E-state index is -0.532. The first kappa shape index (κ1) is 8.56. The largest absolute Gasteiger partial charge is 0.398 e. The van der Waals surface area contributed by atoms with Crippen LogP contribution in [0.2, 0.25) is 0 Å². The number of carbonyl (C=O) groups excluding carboxylic acids is 1. The van der Waals surface area contributed by atoms with Crippen LogP contribution in [0, 0.1) is 0 Å². The van der Waals surface area contributed by atoms with E-state index in [-0.39, 0.29) is 0 Å². The molecule has 0 atom stereocenters. The number of carbonyl (C=O) groups is 1. The van der Waals surface area contributed by atoms with Crippen molar-refractivity contribution in [3.05, 3.63) is 28.2 Å². The molecule has 2 nitrogen and oxygen atoms in total. The van der Waals surface area contributed by atoms with Gasteiger partial charge >= 0.3 is 0 Å². The molecule has 1 rings (SSSR count). The van der Waals surface area contributed by atoms with E-state index < -0.39 is 5.24 Å². The summed E-state index contributed by atoms with van der Waals surface area (Å²) in [5.74, 6) is 0. The van der Waals surface area contributed by atoms with Gasteiger partial charge in [0.25, 0.3) is 5.24 Å². The maximum absolute atomic E-state index is 10.6. The second-order valence-electron chi connectivity index (χ2n) is 2.01. The fourth-order valence-corrected chi connectivity index (χ4v) is 1.26. The zero-order valence-corrected chi connectivity index (χ0v) is 7.82. The fraction of sp³-hybridized carbons (Fsp3) is 0. The molecule has 0 aromatic heterocycles. The summed E-state index contributed by atoms with van der Waals surface area (Å²) in [6.07, 6.45) is 0. The van der Waals surface area contributed by atoms with Crippen LogP contribution in [0.25, 0.3) is 0 Å². The maximum atomic E-state index is 10.6. The van der Waals surface area contributed by atoms with Crippen LogP contribution in [0.4, 0.5) is 5.69 Å². The molecule has 0 aliphatic heterocycles. The summed E-state index contributed by atoms with van der Waals surface area (Å²) in [6, 6.07) is 4.93. The van der Waals surface area contributed by atoms with Crippen molar-refractivity contribution >= 4 is 38.5 Å². The number of halogens is 2. The summed E-state index contributed by atoms with van der Waals surface area (Å²) in [5.41, 5.74) is 6.22. The number of hydrogen-bond acceptors (Lipinski definition) is 2. The molecule has 4 heteroatoms. The SMILES string of the molecule is Nc1cc(Br)ccc1C(=O)Cl. The van der Waals surface area contributed by atoms with Gasteiger partial charge in [0.15, 0.2) is 0 Å². The van der Waals surface area contributed by atoms with Crippen molar-refractivity contribution in [1.29, 1.82) is 0 Å². The molecule has 58 valence electrons. The van der Waals surface area contributed by atoms with Crippen LogP contribution in [0.3, 0.4) is 0 Å². The van der Waals surface area contributed by atoms with Crippen molar-refractivity contribution in [3.8, 4) is 0 Å². The van der Waals surface area contributed by atoms with E-state index >= 15 is 0 Å². The number of nitrogen functional groups attached to an aromatic ring is 1. The fourth-order valence-electron chi connectivity index (χ4n) is 0.713. The van der Waals surface area contributed by atoms with Gasteiger partial charge in [0.05, 0.1) is 5.56 Å². The zero-order chi connectivity index (χ0) is 8.43. The van der Waals surface area contributed by atoms with Crippen molar-refractivity contribution in [2.45, 2.75) is 0 Å². The van der Waals surface area contributed by atoms with Crippen LogP contribution in [-0.2, 0) is 0 Å². The van der Waals surface area contributed by atoms with Crippen LogP contribution < -0.4 is 5.73 Å². The minimum absolute atomic E-state index is 0.342. The second kappa shape index (κ2) is 3.24. The summed E-state index contributed by atoms with van der Waals surface area (Å²) in [7, 11) is 0. The smallest absolute Gasteiger partial charge is 0.254 e. The molecule has 0 aliphatic carbocycles. The predicted molar refractivity (Wildman–Crippen MR) is 48.7 cm³/mol. The summed E-state index contributed by atoms with van der Waals surface area (Å²) in [6.45, 7) is 0. The van der Waals surface area contributed by atoms with Crippen LogP contribution in [0.5, 0.6) is 0 Å². The molecular weight excluding hydrogens is 229 g/mol. The lowest BCUT2D eigenvalue weighted by molar-refractivity contribution is 0.108. The molecule has 1 aromatic rings. The highest BCUT2D eigenvalue weighted by atomic mass is 79.9. The molecule has 0 saturated heterocycles. The normalized spacial score (nSPS) is 9.64. The highest BCUT2D eigenvalue weighted by Gasteiger charge is 2.05. The Morgan fingerprint density at radius 3 is 2.64 bits per heavy atom. The average Bonchev–Trinajstić information content (AvgIpc) is 1.85. The molecule has 0 bridgehead atoms. The van der Waals surface area contributed by atoms with E-state index in [2.05, 4.69) is 15.9 Å². The predicted octanol–water partition coefficient (Wildman–Crippen LogP) is 2.41. The molecule has 0 spiro atoms. The van der Waals surface area contributed by atoms with Gasteiger partial charge in [0.2, 0.25) is 0 Å². The molecule has 0 fully saturated rings. The number of rotatable bonds is 1. The molecule has 0 unspecified atom stereocenters. The number of benzene rings is 1. The minimum Gasteiger partial charge on any atom is -0.398 e. The van der Waals surface area contributed by atoms with Crippen LogP contribution in [-0.4, -0.2) is 5.24 Å². The van der Waals surface area contributed by atoms with E-state index in [0.717, 1.165) is 4.47 Å². The second-order valence-corrected chi connectivity index (χ2v) is 3.26. The van der Waals surface area contributed by atoms with E-state index in [0.29, 0.717) is 11.3 Å². The third-order valence-electron chi connectivity index (χ3n) is 1.23. The highest BCUT2D eigenvalue weighted by molar-refractivity contribution is 9.10. The molecule has 0 amide bonds. The van der Waals surface area contributed by atoms with Crippen LogP contribution >= 0.6 is 27.5 Å². The molecule has 0 heterocycles. The van der Waals surface area contributed by atoms with Crippen LogP contribution in [0.15, 0.2) is 22.7 Å². The van der Waals surface area contributed by atoms with Gasteiger partial charge in [-0.2, -0.15) is 0 Å². The Kier molecular flexibility index (Phi) is 2.52. The molecule has 0 aliphatic rings. The van der Waals surface area contributed by atoms with E-state index in [1.165, 1.54) is 0 Å². The number of anilines is 1. The van der Waals surface area contributed by atoms with Crippen molar-refractivity contribution in [3.63, 3.8) is 0 Å². The van der Waals surface area contributed by atoms with Crippen molar-refractivity contribution in [1.82, 2.24) is 0 Å². The zero-order valence-electron chi connectivity index (χ0n) is 5.47. The Morgan fingerprint density at radius 2 is 2.18 bits per heavy atom. The number of nitrogens with two attached hydrogens (primary N) is 1. The van der Waals surface area contributed by atoms with Crippen molar-refractivity contribution in [2.75, 3.05) is 5.73 Å². The third-order valence-corrected chi connectivity index (χ3v) is 1.92. The summed E-state index contributed by atoms with van der Waals surface area (Å²) >= 11 is 8.44. The van der Waals surface area contributed by atoms with Gasteiger partial charge in [0, 0.05) is 10.2 Å². The lowest BCUT2D eigenvalue weighted by atomic mass is 10.2. The number of hydrogen-bond donors (Lipinski definition) is 1. The van der Waals surface area contributed by atoms with E-state index in [9.17, 15) is 4.79 Å². The third kappa shape index (κ3) is 1.94. The van der Waals surface area contributed by atoms with Gasteiger partial charge in [0.1, 0.15) is 0 Å². The summed E-state index contributed by atoms with van der Waals surface area (Å²) < 4.78 is 0.830. The Hall–Kier alpha value is -0.540. The first-order chi connectivity index (χ1) is 5.11. The Morgan fingerprint density at radius 1 is 1.55 bits per heavy atom. The Balaban J connectivity index is 3.20. The van der Waals surface area contributed by atoms with Gasteiger partial charge in [-0.15, -0.1) is 0 Å².